The van der Waals surface area contributed by atoms with Gasteiger partial charge in [0.25, 0.3) is 0 Å². The van der Waals surface area contributed by atoms with E-state index in [0.29, 0.717) is 5.92 Å². The first kappa shape index (κ1) is 17.7. The zero-order valence-corrected chi connectivity index (χ0v) is 14.2. The molecule has 128 valence electrons. The average molecular weight is 314 g/mol. The third kappa shape index (κ3) is 3.64. The van der Waals surface area contributed by atoms with Crippen LogP contribution in [0, 0.1) is 23.7 Å². The number of hydrogen-bond donors (Lipinski definition) is 1. The molecule has 1 heterocycles. The lowest BCUT2D eigenvalue weighted by molar-refractivity contribution is -0.151. The summed E-state index contributed by atoms with van der Waals surface area (Å²) in [5, 5.41) is 10.9. The van der Waals surface area contributed by atoms with E-state index in [-0.39, 0.29) is 36.2 Å². The van der Waals surface area contributed by atoms with Crippen LogP contribution in [0.4, 0.5) is 4.39 Å². The second-order valence-electron chi connectivity index (χ2n) is 7.60. The lowest BCUT2D eigenvalue weighted by atomic mass is 9.70. The molecule has 0 aromatic rings. The molecule has 0 amide bonds. The molecular weight excluding hydrogens is 283 g/mol. The molecule has 0 spiro atoms. The van der Waals surface area contributed by atoms with Crippen molar-refractivity contribution in [2.75, 3.05) is 6.67 Å². The van der Waals surface area contributed by atoms with E-state index in [0.717, 1.165) is 38.5 Å². The summed E-state index contributed by atoms with van der Waals surface area (Å²) in [5.41, 5.74) is -0.820. The Morgan fingerprint density at radius 3 is 2.73 bits per heavy atom. The molecule has 3 nitrogen and oxygen atoms in total. The van der Waals surface area contributed by atoms with Gasteiger partial charge in [0, 0.05) is 11.8 Å². The second kappa shape index (κ2) is 7.29. The molecule has 2 aliphatic rings. The van der Waals surface area contributed by atoms with Crippen LogP contribution < -0.4 is 0 Å². The summed E-state index contributed by atoms with van der Waals surface area (Å²) < 4.78 is 18.5. The van der Waals surface area contributed by atoms with Crippen LogP contribution in [0.2, 0.25) is 0 Å². The number of hydrogen-bond acceptors (Lipinski definition) is 3. The van der Waals surface area contributed by atoms with Gasteiger partial charge in [-0.15, -0.1) is 0 Å². The predicted octanol–water partition coefficient (Wildman–Crippen LogP) is 3.88. The first-order chi connectivity index (χ1) is 10.4. The van der Waals surface area contributed by atoms with Gasteiger partial charge in [0.2, 0.25) is 0 Å². The van der Waals surface area contributed by atoms with Gasteiger partial charge in [-0.2, -0.15) is 0 Å². The fourth-order valence-electron chi connectivity index (χ4n) is 4.55. The molecule has 6 atom stereocenters. The third-order valence-corrected chi connectivity index (χ3v) is 5.92. The smallest absolute Gasteiger partial charge is 0.309 e. The molecule has 1 N–H and O–H groups in total. The van der Waals surface area contributed by atoms with E-state index >= 15 is 0 Å². The zero-order valence-electron chi connectivity index (χ0n) is 14.2. The summed E-state index contributed by atoms with van der Waals surface area (Å²) in [6.07, 6.45) is 5.58. The fraction of sp³-hybridized carbons (Fsp3) is 0.944. The highest BCUT2D eigenvalue weighted by Gasteiger charge is 2.51. The molecule has 2 rings (SSSR count). The van der Waals surface area contributed by atoms with Crippen LogP contribution >= 0.6 is 0 Å². The van der Waals surface area contributed by atoms with Gasteiger partial charge in [0.05, 0.1) is 18.2 Å². The molecule has 4 heteroatoms. The van der Waals surface area contributed by atoms with E-state index in [1.807, 2.05) is 13.8 Å². The molecule has 0 radical (unpaired) electrons. The highest BCUT2D eigenvalue weighted by atomic mass is 19.1. The largest absolute Gasteiger partial charge is 0.461 e. The molecule has 22 heavy (non-hydrogen) atoms. The number of carbonyl (C=O) groups excluding carboxylic acids is 1. The average Bonchev–Trinajstić information content (AvgIpc) is 2.73. The van der Waals surface area contributed by atoms with Crippen LogP contribution in [-0.2, 0) is 9.53 Å². The third-order valence-electron chi connectivity index (χ3n) is 5.92. The van der Waals surface area contributed by atoms with Crippen LogP contribution in [0.25, 0.3) is 0 Å². The van der Waals surface area contributed by atoms with Crippen molar-refractivity contribution < 1.29 is 19.0 Å². The van der Waals surface area contributed by atoms with Gasteiger partial charge in [-0.05, 0) is 38.5 Å². The number of esters is 1. The molecule has 1 saturated carbocycles. The van der Waals surface area contributed by atoms with Gasteiger partial charge >= 0.3 is 5.97 Å². The van der Waals surface area contributed by atoms with Gasteiger partial charge in [-0.25, -0.2) is 0 Å². The van der Waals surface area contributed by atoms with Crippen molar-refractivity contribution in [3.8, 4) is 0 Å². The second-order valence-corrected chi connectivity index (χ2v) is 7.60. The highest BCUT2D eigenvalue weighted by Crippen LogP contribution is 2.44. The number of alkyl halides is 1. The van der Waals surface area contributed by atoms with E-state index in [4.69, 9.17) is 4.74 Å². The summed E-state index contributed by atoms with van der Waals surface area (Å²) in [4.78, 5) is 12.2. The van der Waals surface area contributed by atoms with Crippen LogP contribution in [0.15, 0.2) is 0 Å². The molecule has 1 aliphatic carbocycles. The quantitative estimate of drug-likeness (QED) is 0.804. The molecular formula is C18H31FO3. The lowest BCUT2D eigenvalue weighted by Crippen LogP contribution is -2.44. The number of carbonyl (C=O) groups is 1. The number of rotatable bonds is 3. The summed E-state index contributed by atoms with van der Waals surface area (Å²) in [7, 11) is 0. The van der Waals surface area contributed by atoms with Gasteiger partial charge in [-0.3, -0.25) is 9.18 Å². The topological polar surface area (TPSA) is 46.5 Å². The summed E-state index contributed by atoms with van der Waals surface area (Å²) in [5.74, 6) is -0.00340. The maximum absolute atomic E-state index is 12.9. The number of aliphatic hydroxyl groups is 1. The van der Waals surface area contributed by atoms with Crippen LogP contribution in [0.1, 0.15) is 65.7 Å². The van der Waals surface area contributed by atoms with Crippen molar-refractivity contribution in [3.05, 3.63) is 0 Å². The summed E-state index contributed by atoms with van der Waals surface area (Å²) in [6, 6.07) is 0. The minimum atomic E-state index is -0.820. The van der Waals surface area contributed by atoms with E-state index in [9.17, 15) is 14.3 Å². The Kier molecular flexibility index (Phi) is 5.87. The van der Waals surface area contributed by atoms with Gasteiger partial charge in [0.1, 0.15) is 6.10 Å². The lowest BCUT2D eigenvalue weighted by Gasteiger charge is -2.39. The zero-order chi connectivity index (χ0) is 16.3. The molecule has 1 aliphatic heterocycles. The van der Waals surface area contributed by atoms with Crippen molar-refractivity contribution in [1.82, 2.24) is 0 Å². The summed E-state index contributed by atoms with van der Waals surface area (Å²) in [6.45, 7) is 5.66. The highest BCUT2D eigenvalue weighted by molar-refractivity contribution is 5.75. The minimum absolute atomic E-state index is 0.0558. The van der Waals surface area contributed by atoms with Crippen molar-refractivity contribution >= 4 is 5.97 Å². The van der Waals surface area contributed by atoms with Gasteiger partial charge < -0.3 is 9.84 Å². The van der Waals surface area contributed by atoms with Crippen molar-refractivity contribution in [2.45, 2.75) is 77.4 Å². The molecule has 0 aromatic heterocycles. The van der Waals surface area contributed by atoms with Crippen molar-refractivity contribution in [3.63, 3.8) is 0 Å². The number of fused-ring (bicyclic) bond motifs is 1. The number of ether oxygens (including phenoxy) is 1. The normalized spacial score (nSPS) is 43.5. The Hall–Kier alpha value is -0.640. The Labute approximate surface area is 133 Å². The molecule has 1 saturated heterocycles. The van der Waals surface area contributed by atoms with Crippen LogP contribution in [0.5, 0.6) is 0 Å². The summed E-state index contributed by atoms with van der Waals surface area (Å²) >= 11 is 0. The van der Waals surface area contributed by atoms with Crippen molar-refractivity contribution in [2.24, 2.45) is 23.7 Å². The van der Waals surface area contributed by atoms with Crippen molar-refractivity contribution in [1.29, 1.82) is 0 Å². The SMILES string of the molecule is CCC1C2OC(=O)C(CCF)C2CCC(C)CCCC1(C)O. The molecule has 6 unspecified atom stereocenters. The molecule has 2 fully saturated rings. The Balaban J connectivity index is 2.28. The molecule has 0 bridgehead atoms. The molecule has 0 aromatic carbocycles. The van der Waals surface area contributed by atoms with Gasteiger partial charge in [0.15, 0.2) is 0 Å². The van der Waals surface area contributed by atoms with Gasteiger partial charge in [-0.1, -0.05) is 33.1 Å². The fourth-order valence-corrected chi connectivity index (χ4v) is 4.55. The predicted molar refractivity (Wildman–Crippen MR) is 84.1 cm³/mol. The number of halogens is 1. The first-order valence-electron chi connectivity index (χ1n) is 8.89. The standard InChI is InChI=1S/C18H31FO3/c1-4-15-16-13(14(9-11-19)17(20)22-16)8-7-12(2)6-5-10-18(15,3)21/h12-16,21H,4-11H2,1-3H3. The van der Waals surface area contributed by atoms with Crippen LogP contribution in [0.3, 0.4) is 0 Å². The van der Waals surface area contributed by atoms with E-state index in [1.54, 1.807) is 0 Å². The Morgan fingerprint density at radius 2 is 2.09 bits per heavy atom. The van der Waals surface area contributed by atoms with E-state index in [2.05, 4.69) is 6.92 Å². The monoisotopic (exact) mass is 314 g/mol. The Morgan fingerprint density at radius 1 is 1.36 bits per heavy atom. The van der Waals surface area contributed by atoms with E-state index in [1.165, 1.54) is 0 Å². The Bertz CT molecular complexity index is 383. The minimum Gasteiger partial charge on any atom is -0.461 e. The maximum Gasteiger partial charge on any atom is 0.309 e. The van der Waals surface area contributed by atoms with E-state index < -0.39 is 12.3 Å². The first-order valence-corrected chi connectivity index (χ1v) is 8.89. The maximum atomic E-state index is 12.9. The van der Waals surface area contributed by atoms with Crippen LogP contribution in [-0.4, -0.2) is 29.5 Å².